The molecule has 0 radical (unpaired) electrons. The van der Waals surface area contributed by atoms with Crippen LogP contribution < -0.4 is 15.8 Å². The number of amides is 1. The molecule has 0 aliphatic carbocycles. The molecule has 3 aromatic rings. The Labute approximate surface area is 193 Å². The van der Waals surface area contributed by atoms with E-state index in [0.717, 1.165) is 66.7 Å². The molecule has 1 amide bonds. The summed E-state index contributed by atoms with van der Waals surface area (Å²) >= 11 is 0. The number of carbonyl (C=O) groups excluding carboxylic acids is 1. The molecule has 174 valence electrons. The fraction of sp³-hybridized carbons (Fsp3) is 0.360. The van der Waals surface area contributed by atoms with Gasteiger partial charge in [-0.05, 0) is 50.1 Å². The average molecular weight is 451 g/mol. The number of aromatic nitrogens is 1. The van der Waals surface area contributed by atoms with Crippen LogP contribution in [0, 0.1) is 20.8 Å². The van der Waals surface area contributed by atoms with Gasteiger partial charge in [0.2, 0.25) is 5.91 Å². The number of nitrogens with one attached hydrogen (secondary N) is 1. The lowest BCUT2D eigenvalue weighted by Gasteiger charge is -2.26. The van der Waals surface area contributed by atoms with Gasteiger partial charge in [-0.1, -0.05) is 11.2 Å². The topological polar surface area (TPSA) is 103 Å². The number of hydrogen-bond acceptors (Lipinski definition) is 7. The molecule has 0 bridgehead atoms. The van der Waals surface area contributed by atoms with Crippen LogP contribution in [0.5, 0.6) is 11.5 Å². The molecular weight excluding hydrogens is 420 g/mol. The largest absolute Gasteiger partial charge is 0.457 e. The van der Waals surface area contributed by atoms with Crippen LogP contribution in [0.2, 0.25) is 0 Å². The summed E-state index contributed by atoms with van der Waals surface area (Å²) in [6, 6.07) is 11.2. The Balaban J connectivity index is 1.46. The van der Waals surface area contributed by atoms with Crippen molar-refractivity contribution >= 4 is 17.3 Å². The van der Waals surface area contributed by atoms with Crippen molar-refractivity contribution in [3.63, 3.8) is 0 Å². The second-order valence-electron chi connectivity index (χ2n) is 8.32. The molecule has 4 rings (SSSR count). The van der Waals surface area contributed by atoms with Gasteiger partial charge in [-0.25, -0.2) is 0 Å². The van der Waals surface area contributed by atoms with Crippen molar-refractivity contribution < 1.29 is 18.8 Å². The standard InChI is InChI=1S/C25H30N4O4/c1-16-4-5-21(15-23(16)27-24(30)6-7-29-8-10-31-11-9-29)32-22-13-19(12-20(26)14-22)25-17(2)28-33-18(25)3/h4-5,12-15H,6-11,26H2,1-3H3,(H,27,30). The summed E-state index contributed by atoms with van der Waals surface area (Å²) in [7, 11) is 0. The number of carbonyl (C=O) groups is 1. The molecule has 1 fully saturated rings. The third-order valence-corrected chi connectivity index (χ3v) is 5.73. The van der Waals surface area contributed by atoms with Crippen LogP contribution in [0.3, 0.4) is 0 Å². The first-order chi connectivity index (χ1) is 15.9. The van der Waals surface area contributed by atoms with Crippen molar-refractivity contribution in [1.29, 1.82) is 0 Å². The van der Waals surface area contributed by atoms with E-state index >= 15 is 0 Å². The van der Waals surface area contributed by atoms with Crippen molar-refractivity contribution in [3.8, 4) is 22.6 Å². The molecule has 8 heteroatoms. The molecular formula is C25H30N4O4. The third kappa shape index (κ3) is 5.71. The molecule has 2 heterocycles. The fourth-order valence-corrected chi connectivity index (χ4v) is 3.95. The lowest BCUT2D eigenvalue weighted by Crippen LogP contribution is -2.38. The minimum Gasteiger partial charge on any atom is -0.457 e. The van der Waals surface area contributed by atoms with Crippen LogP contribution in [-0.2, 0) is 9.53 Å². The smallest absolute Gasteiger partial charge is 0.225 e. The minimum absolute atomic E-state index is 0.0219. The molecule has 2 aromatic carbocycles. The van der Waals surface area contributed by atoms with Crippen molar-refractivity contribution in [2.75, 3.05) is 43.9 Å². The van der Waals surface area contributed by atoms with Crippen LogP contribution >= 0.6 is 0 Å². The van der Waals surface area contributed by atoms with E-state index in [1.807, 2.05) is 51.1 Å². The average Bonchev–Trinajstić information content (AvgIpc) is 3.13. The molecule has 1 aliphatic heterocycles. The molecule has 0 spiro atoms. The number of nitrogens with zero attached hydrogens (tertiary/aromatic N) is 2. The SMILES string of the molecule is Cc1ccc(Oc2cc(N)cc(-c3c(C)noc3C)c2)cc1NC(=O)CCN1CCOCC1. The molecule has 33 heavy (non-hydrogen) atoms. The molecule has 1 aromatic heterocycles. The van der Waals surface area contributed by atoms with E-state index in [-0.39, 0.29) is 5.91 Å². The summed E-state index contributed by atoms with van der Waals surface area (Å²) in [4.78, 5) is 14.8. The van der Waals surface area contributed by atoms with Gasteiger partial charge >= 0.3 is 0 Å². The van der Waals surface area contributed by atoms with Gasteiger partial charge in [0.05, 0.1) is 18.9 Å². The number of morpholine rings is 1. The van der Waals surface area contributed by atoms with Crippen LogP contribution in [0.25, 0.3) is 11.1 Å². The summed E-state index contributed by atoms with van der Waals surface area (Å²) in [6.07, 6.45) is 0.431. The Morgan fingerprint density at radius 1 is 1.12 bits per heavy atom. The highest BCUT2D eigenvalue weighted by Crippen LogP contribution is 2.34. The van der Waals surface area contributed by atoms with Gasteiger partial charge in [-0.15, -0.1) is 0 Å². The maximum absolute atomic E-state index is 12.5. The Hall–Kier alpha value is -3.36. The predicted octanol–water partition coefficient (Wildman–Crippen LogP) is 4.30. The van der Waals surface area contributed by atoms with Crippen molar-refractivity contribution in [2.45, 2.75) is 27.2 Å². The van der Waals surface area contributed by atoms with Crippen LogP contribution in [0.1, 0.15) is 23.4 Å². The van der Waals surface area contributed by atoms with Crippen LogP contribution in [0.4, 0.5) is 11.4 Å². The third-order valence-electron chi connectivity index (χ3n) is 5.73. The van der Waals surface area contributed by atoms with Crippen LogP contribution in [-0.4, -0.2) is 48.8 Å². The monoisotopic (exact) mass is 450 g/mol. The van der Waals surface area contributed by atoms with Gasteiger partial charge < -0.3 is 25.0 Å². The fourth-order valence-electron chi connectivity index (χ4n) is 3.95. The van der Waals surface area contributed by atoms with Gasteiger partial charge in [0.1, 0.15) is 17.3 Å². The quantitative estimate of drug-likeness (QED) is 0.517. The highest BCUT2D eigenvalue weighted by Gasteiger charge is 2.15. The Morgan fingerprint density at radius 2 is 1.91 bits per heavy atom. The van der Waals surface area contributed by atoms with E-state index in [1.54, 1.807) is 6.07 Å². The van der Waals surface area contributed by atoms with Gasteiger partial charge in [0.15, 0.2) is 0 Å². The zero-order valence-electron chi connectivity index (χ0n) is 19.3. The highest BCUT2D eigenvalue weighted by atomic mass is 16.5. The maximum atomic E-state index is 12.5. The first-order valence-electron chi connectivity index (χ1n) is 11.1. The number of ether oxygens (including phenoxy) is 2. The van der Waals surface area contributed by atoms with E-state index in [9.17, 15) is 4.79 Å². The Bertz CT molecular complexity index is 1120. The zero-order valence-corrected chi connectivity index (χ0v) is 19.3. The van der Waals surface area contributed by atoms with Crippen molar-refractivity contribution in [2.24, 2.45) is 0 Å². The lowest BCUT2D eigenvalue weighted by molar-refractivity contribution is -0.116. The molecule has 0 unspecified atom stereocenters. The number of nitrogens with two attached hydrogens (primary N) is 1. The number of anilines is 2. The second-order valence-corrected chi connectivity index (χ2v) is 8.32. The Morgan fingerprint density at radius 3 is 2.64 bits per heavy atom. The summed E-state index contributed by atoms with van der Waals surface area (Å²) < 4.78 is 16.8. The summed E-state index contributed by atoms with van der Waals surface area (Å²) in [5.74, 6) is 1.91. The first kappa shape index (κ1) is 22.8. The van der Waals surface area contributed by atoms with E-state index in [2.05, 4.69) is 15.4 Å². The van der Waals surface area contributed by atoms with Gasteiger partial charge in [0, 0.05) is 55.1 Å². The number of benzene rings is 2. The van der Waals surface area contributed by atoms with Gasteiger partial charge in [-0.2, -0.15) is 0 Å². The minimum atomic E-state index is -0.0219. The second kappa shape index (κ2) is 10.1. The van der Waals surface area contributed by atoms with Crippen LogP contribution in [0.15, 0.2) is 40.9 Å². The summed E-state index contributed by atoms with van der Waals surface area (Å²) in [5.41, 5.74) is 11.0. The number of rotatable bonds is 7. The van der Waals surface area contributed by atoms with E-state index in [1.165, 1.54) is 0 Å². The predicted molar refractivity (Wildman–Crippen MR) is 128 cm³/mol. The zero-order chi connectivity index (χ0) is 23.4. The lowest BCUT2D eigenvalue weighted by atomic mass is 10.0. The number of nitrogen functional groups attached to an aromatic ring is 1. The van der Waals surface area contributed by atoms with E-state index in [4.69, 9.17) is 19.7 Å². The molecule has 0 saturated carbocycles. The van der Waals surface area contributed by atoms with Crippen molar-refractivity contribution in [1.82, 2.24) is 10.1 Å². The summed E-state index contributed by atoms with van der Waals surface area (Å²) in [6.45, 7) is 9.62. The number of aryl methyl sites for hydroxylation is 3. The van der Waals surface area contributed by atoms with Crippen molar-refractivity contribution in [3.05, 3.63) is 53.4 Å². The number of hydrogen-bond donors (Lipinski definition) is 2. The summed E-state index contributed by atoms with van der Waals surface area (Å²) in [5, 5.41) is 7.04. The van der Waals surface area contributed by atoms with E-state index < -0.39 is 0 Å². The van der Waals surface area contributed by atoms with Gasteiger partial charge in [-0.3, -0.25) is 9.69 Å². The molecule has 1 saturated heterocycles. The first-order valence-corrected chi connectivity index (χ1v) is 11.1. The molecule has 8 nitrogen and oxygen atoms in total. The maximum Gasteiger partial charge on any atom is 0.225 e. The highest BCUT2D eigenvalue weighted by molar-refractivity contribution is 5.91. The normalized spacial score (nSPS) is 14.3. The Kier molecular flexibility index (Phi) is 6.96. The molecule has 3 N–H and O–H groups in total. The van der Waals surface area contributed by atoms with E-state index in [0.29, 0.717) is 23.6 Å². The molecule has 1 aliphatic rings. The van der Waals surface area contributed by atoms with Gasteiger partial charge in [0.25, 0.3) is 0 Å². The molecule has 0 atom stereocenters.